The van der Waals surface area contributed by atoms with Gasteiger partial charge >= 0.3 is 11.9 Å². The average Bonchev–Trinajstić information content (AvgIpc) is 3.06. The lowest BCUT2D eigenvalue weighted by Gasteiger charge is -2.15. The molecule has 0 aromatic rings. The molecule has 1 atom stereocenters. The van der Waals surface area contributed by atoms with Gasteiger partial charge in [0.05, 0.1) is 6.61 Å². The molecule has 0 aliphatic carbocycles. The van der Waals surface area contributed by atoms with Crippen molar-refractivity contribution in [2.45, 2.75) is 161 Å². The Morgan fingerprint density at radius 3 is 1.41 bits per heavy atom. The van der Waals surface area contributed by atoms with Crippen molar-refractivity contribution >= 4 is 11.9 Å². The van der Waals surface area contributed by atoms with Gasteiger partial charge in [0.1, 0.15) is 6.61 Å². The number of carbonyl (C=O) groups excluding carboxylic acids is 2. The van der Waals surface area contributed by atoms with Gasteiger partial charge in [0, 0.05) is 12.8 Å². The Morgan fingerprint density at radius 2 is 0.935 bits per heavy atom. The zero-order valence-electron chi connectivity index (χ0n) is 29.6. The normalized spacial score (nSPS) is 13.0. The third kappa shape index (κ3) is 34.2. The zero-order valence-corrected chi connectivity index (χ0v) is 29.6. The van der Waals surface area contributed by atoms with E-state index >= 15 is 0 Å². The Labute approximate surface area is 283 Å². The van der Waals surface area contributed by atoms with E-state index in [-0.39, 0.29) is 25.2 Å². The number of carbonyl (C=O) groups is 2. The summed E-state index contributed by atoms with van der Waals surface area (Å²) >= 11 is 0. The molecular formula is C41H68O5. The van der Waals surface area contributed by atoms with Crippen LogP contribution in [0, 0.1) is 0 Å². The molecule has 0 fully saturated rings. The first-order valence-corrected chi connectivity index (χ1v) is 18.5. The van der Waals surface area contributed by atoms with Crippen LogP contribution in [-0.4, -0.2) is 36.4 Å². The van der Waals surface area contributed by atoms with E-state index in [1.165, 1.54) is 38.5 Å². The molecule has 0 aliphatic heterocycles. The Hall–Kier alpha value is -2.66. The number of ether oxygens (including phenoxy) is 2. The second-order valence-corrected chi connectivity index (χ2v) is 11.9. The van der Waals surface area contributed by atoms with Gasteiger partial charge in [-0.05, 0) is 83.5 Å². The molecule has 0 rings (SSSR count). The van der Waals surface area contributed by atoms with E-state index in [1.54, 1.807) is 0 Å². The molecule has 262 valence electrons. The molecule has 0 aromatic carbocycles. The van der Waals surface area contributed by atoms with Crippen molar-refractivity contribution in [3.8, 4) is 0 Å². The van der Waals surface area contributed by atoms with Gasteiger partial charge in [-0.15, -0.1) is 0 Å². The van der Waals surface area contributed by atoms with Gasteiger partial charge < -0.3 is 14.6 Å². The van der Waals surface area contributed by atoms with Crippen molar-refractivity contribution in [1.29, 1.82) is 0 Å². The largest absolute Gasteiger partial charge is 0.462 e. The molecule has 5 nitrogen and oxygen atoms in total. The van der Waals surface area contributed by atoms with Crippen LogP contribution >= 0.6 is 0 Å². The van der Waals surface area contributed by atoms with Gasteiger partial charge in [-0.25, -0.2) is 0 Å². The minimum absolute atomic E-state index is 0.0871. The van der Waals surface area contributed by atoms with Gasteiger partial charge in [0.25, 0.3) is 0 Å². The van der Waals surface area contributed by atoms with E-state index in [0.717, 1.165) is 89.9 Å². The molecule has 0 unspecified atom stereocenters. The number of allylic oxidation sites excluding steroid dienone is 12. The van der Waals surface area contributed by atoms with Crippen molar-refractivity contribution in [3.63, 3.8) is 0 Å². The van der Waals surface area contributed by atoms with Crippen molar-refractivity contribution in [3.05, 3.63) is 72.9 Å². The number of aliphatic hydroxyl groups is 1. The van der Waals surface area contributed by atoms with Gasteiger partial charge in [-0.1, -0.05) is 132 Å². The van der Waals surface area contributed by atoms with Crippen LogP contribution in [0.1, 0.15) is 155 Å². The molecule has 0 saturated heterocycles. The molecular weight excluding hydrogens is 572 g/mol. The highest BCUT2D eigenvalue weighted by Crippen LogP contribution is 2.11. The molecule has 0 radical (unpaired) electrons. The predicted octanol–water partition coefficient (Wildman–Crippen LogP) is 11.4. The molecule has 5 heteroatoms. The quantitative estimate of drug-likeness (QED) is 0.0450. The highest BCUT2D eigenvalue weighted by atomic mass is 16.6. The number of hydrogen-bond donors (Lipinski definition) is 1. The van der Waals surface area contributed by atoms with Crippen molar-refractivity contribution < 1.29 is 24.2 Å². The maximum absolute atomic E-state index is 12.1. The molecule has 0 saturated carbocycles. The minimum atomic E-state index is -0.792. The maximum atomic E-state index is 12.1. The Morgan fingerprint density at radius 1 is 0.522 bits per heavy atom. The van der Waals surface area contributed by atoms with Gasteiger partial charge in [0.15, 0.2) is 6.10 Å². The third-order valence-corrected chi connectivity index (χ3v) is 7.48. The lowest BCUT2D eigenvalue weighted by molar-refractivity contribution is -0.161. The van der Waals surface area contributed by atoms with Crippen LogP contribution < -0.4 is 0 Å². The summed E-state index contributed by atoms with van der Waals surface area (Å²) in [6.45, 7) is 3.94. The lowest BCUT2D eigenvalue weighted by Crippen LogP contribution is -2.28. The van der Waals surface area contributed by atoms with Crippen molar-refractivity contribution in [2.75, 3.05) is 13.2 Å². The van der Waals surface area contributed by atoms with E-state index in [9.17, 15) is 14.7 Å². The molecule has 0 amide bonds. The van der Waals surface area contributed by atoms with Crippen LogP contribution in [0.15, 0.2) is 72.9 Å². The summed E-state index contributed by atoms with van der Waals surface area (Å²) in [5.74, 6) is -0.642. The highest BCUT2D eigenvalue weighted by Gasteiger charge is 2.16. The Balaban J connectivity index is 3.67. The monoisotopic (exact) mass is 641 g/mol. The molecule has 0 bridgehead atoms. The molecule has 1 N–H and O–H groups in total. The summed E-state index contributed by atoms with van der Waals surface area (Å²) in [6, 6.07) is 0. The van der Waals surface area contributed by atoms with Crippen molar-refractivity contribution in [2.24, 2.45) is 0 Å². The van der Waals surface area contributed by atoms with E-state index < -0.39 is 6.10 Å². The molecule has 0 heterocycles. The minimum Gasteiger partial charge on any atom is -0.462 e. The van der Waals surface area contributed by atoms with Gasteiger partial charge in [0.2, 0.25) is 0 Å². The first-order chi connectivity index (χ1) is 22.6. The van der Waals surface area contributed by atoms with E-state index in [2.05, 4.69) is 86.8 Å². The summed E-state index contributed by atoms with van der Waals surface area (Å²) in [6.07, 6.45) is 48.1. The van der Waals surface area contributed by atoms with Gasteiger partial charge in [-0.3, -0.25) is 9.59 Å². The van der Waals surface area contributed by atoms with E-state index in [1.807, 2.05) is 0 Å². The zero-order chi connectivity index (χ0) is 33.6. The van der Waals surface area contributed by atoms with Crippen LogP contribution in [0.2, 0.25) is 0 Å². The van der Waals surface area contributed by atoms with Crippen LogP contribution in [0.4, 0.5) is 0 Å². The smallest absolute Gasteiger partial charge is 0.306 e. The Kier molecular flexibility index (Phi) is 34.7. The number of aliphatic hydroxyl groups excluding tert-OH is 1. The predicted molar refractivity (Wildman–Crippen MR) is 196 cm³/mol. The lowest BCUT2D eigenvalue weighted by atomic mass is 10.1. The first-order valence-electron chi connectivity index (χ1n) is 18.5. The SMILES string of the molecule is CCC=CCC=CCC=CCC=CCCCCCCC(=O)O[C@@H](CO)COC(=O)CCCCCCCC=CCC=CCCCCC. The maximum Gasteiger partial charge on any atom is 0.306 e. The van der Waals surface area contributed by atoms with E-state index in [0.29, 0.717) is 12.8 Å². The average molecular weight is 641 g/mol. The number of hydrogen-bond acceptors (Lipinski definition) is 5. The van der Waals surface area contributed by atoms with Gasteiger partial charge in [-0.2, -0.15) is 0 Å². The molecule has 0 aromatic heterocycles. The Bertz CT molecular complexity index is 864. The number of unbranched alkanes of at least 4 members (excludes halogenated alkanes) is 12. The topological polar surface area (TPSA) is 72.8 Å². The van der Waals surface area contributed by atoms with Crippen LogP contribution in [0.25, 0.3) is 0 Å². The summed E-state index contributed by atoms with van der Waals surface area (Å²) < 4.78 is 10.6. The summed E-state index contributed by atoms with van der Waals surface area (Å²) in [5, 5.41) is 9.53. The number of rotatable bonds is 32. The van der Waals surface area contributed by atoms with Crippen LogP contribution in [0.3, 0.4) is 0 Å². The van der Waals surface area contributed by atoms with Crippen LogP contribution in [-0.2, 0) is 19.1 Å². The number of esters is 2. The highest BCUT2D eigenvalue weighted by molar-refractivity contribution is 5.70. The first kappa shape index (κ1) is 43.3. The second-order valence-electron chi connectivity index (χ2n) is 11.9. The molecule has 46 heavy (non-hydrogen) atoms. The van der Waals surface area contributed by atoms with Crippen molar-refractivity contribution in [1.82, 2.24) is 0 Å². The molecule has 0 aliphatic rings. The summed E-state index contributed by atoms with van der Waals surface area (Å²) in [4.78, 5) is 24.2. The summed E-state index contributed by atoms with van der Waals surface area (Å²) in [7, 11) is 0. The van der Waals surface area contributed by atoms with E-state index in [4.69, 9.17) is 9.47 Å². The second kappa shape index (κ2) is 36.8. The third-order valence-electron chi connectivity index (χ3n) is 7.48. The standard InChI is InChI=1S/C41H68O5/c1-3-5-7-9-11-13-15-17-19-20-22-24-26-28-30-32-34-36-41(44)46-39(37-42)38-45-40(43)35-33-31-29-27-25-23-21-18-16-14-12-10-8-6-4-2/h5,7,11-14,17-19,21-22,24,39,42H,3-4,6,8-10,15-16,20,23,25-38H2,1-2H3/t39-/m0/s1. The molecule has 0 spiro atoms. The fourth-order valence-corrected chi connectivity index (χ4v) is 4.69. The fraction of sp³-hybridized carbons (Fsp3) is 0.659. The fourth-order valence-electron chi connectivity index (χ4n) is 4.69. The summed E-state index contributed by atoms with van der Waals surface area (Å²) in [5.41, 5.74) is 0. The van der Waals surface area contributed by atoms with Crippen LogP contribution in [0.5, 0.6) is 0 Å².